The van der Waals surface area contributed by atoms with Gasteiger partial charge in [0.25, 0.3) is 5.56 Å². The maximum absolute atomic E-state index is 12.4. The lowest BCUT2D eigenvalue weighted by molar-refractivity contribution is -0.117. The molecule has 2 aliphatic carbocycles. The van der Waals surface area contributed by atoms with E-state index in [4.69, 9.17) is 0 Å². The normalized spacial score (nSPS) is 15.9. The van der Waals surface area contributed by atoms with Gasteiger partial charge in [0.05, 0.1) is 11.4 Å². The first-order chi connectivity index (χ1) is 13.1. The van der Waals surface area contributed by atoms with Gasteiger partial charge in [-0.25, -0.2) is 4.98 Å². The quantitative estimate of drug-likeness (QED) is 0.455. The second kappa shape index (κ2) is 7.68. The van der Waals surface area contributed by atoms with Crippen molar-refractivity contribution in [3.63, 3.8) is 0 Å². The minimum absolute atomic E-state index is 0.0413. The Bertz CT molecular complexity index is 932. The number of hydrogen-bond acceptors (Lipinski definition) is 5. The molecule has 0 atom stereocenters. The second-order valence-corrected chi connectivity index (χ2v) is 8.02. The van der Waals surface area contributed by atoms with E-state index in [1.807, 2.05) is 0 Å². The number of benzene rings is 1. The summed E-state index contributed by atoms with van der Waals surface area (Å²) < 4.78 is 0. The molecule has 1 fully saturated rings. The number of carbonyl (C=O) groups excluding carboxylic acids is 2. The fourth-order valence-electron chi connectivity index (χ4n) is 3.20. The molecule has 2 N–H and O–H groups in total. The molecular formula is C20H21N3O3S. The van der Waals surface area contributed by atoms with Crippen LogP contribution in [0.3, 0.4) is 0 Å². The van der Waals surface area contributed by atoms with Crippen molar-refractivity contribution in [3.8, 4) is 0 Å². The Morgan fingerprint density at radius 2 is 1.89 bits per heavy atom. The summed E-state index contributed by atoms with van der Waals surface area (Å²) in [4.78, 5) is 43.6. The Kier molecular flexibility index (Phi) is 5.11. The number of fused-ring (bicyclic) bond motifs is 1. The summed E-state index contributed by atoms with van der Waals surface area (Å²) >= 11 is 1.25. The predicted octanol–water partition coefficient (Wildman–Crippen LogP) is 2.97. The van der Waals surface area contributed by atoms with Crippen molar-refractivity contribution in [1.82, 2.24) is 9.97 Å². The van der Waals surface area contributed by atoms with Crippen molar-refractivity contribution in [2.75, 3.05) is 11.1 Å². The number of aromatic amines is 1. The average Bonchev–Trinajstić information content (AvgIpc) is 3.52. The van der Waals surface area contributed by atoms with Crippen LogP contribution in [0.25, 0.3) is 0 Å². The molecule has 2 aromatic rings. The number of nitrogens with one attached hydrogen (secondary N) is 2. The molecule has 2 aliphatic rings. The van der Waals surface area contributed by atoms with Gasteiger partial charge in [0.1, 0.15) is 0 Å². The Labute approximate surface area is 161 Å². The summed E-state index contributed by atoms with van der Waals surface area (Å²) in [6, 6.07) is 6.93. The zero-order valence-electron chi connectivity index (χ0n) is 14.9. The molecule has 0 spiro atoms. The molecule has 0 radical (unpaired) electrons. The molecule has 0 aliphatic heterocycles. The first kappa shape index (κ1) is 18.0. The molecule has 1 aromatic heterocycles. The standard InChI is InChI=1S/C20H21N3O3S/c24-17(12-7-9-14(10-8-12)21-18(25)13-5-6-13)11-27-20-22-16-4-2-1-3-15(16)19(26)23-20/h7-10,13H,1-6,11H2,(H,21,25)(H,22,23,26). The van der Waals surface area contributed by atoms with Gasteiger partial charge in [0, 0.05) is 22.7 Å². The topological polar surface area (TPSA) is 91.9 Å². The zero-order chi connectivity index (χ0) is 18.8. The number of ketones is 1. The molecule has 1 amide bonds. The van der Waals surface area contributed by atoms with E-state index in [1.165, 1.54) is 11.8 Å². The second-order valence-electron chi connectivity index (χ2n) is 7.06. The van der Waals surface area contributed by atoms with Gasteiger partial charge >= 0.3 is 0 Å². The van der Waals surface area contributed by atoms with E-state index in [1.54, 1.807) is 24.3 Å². The van der Waals surface area contributed by atoms with Crippen LogP contribution in [0.2, 0.25) is 0 Å². The van der Waals surface area contributed by atoms with E-state index < -0.39 is 0 Å². The van der Waals surface area contributed by atoms with Crippen LogP contribution in [-0.4, -0.2) is 27.4 Å². The number of aryl methyl sites for hydroxylation is 1. The molecule has 0 unspecified atom stereocenters. The first-order valence-electron chi connectivity index (χ1n) is 9.29. The maximum atomic E-state index is 12.4. The van der Waals surface area contributed by atoms with E-state index >= 15 is 0 Å². The number of rotatable bonds is 6. The van der Waals surface area contributed by atoms with Crippen LogP contribution in [-0.2, 0) is 17.6 Å². The van der Waals surface area contributed by atoms with E-state index in [-0.39, 0.29) is 28.9 Å². The Morgan fingerprint density at radius 3 is 2.63 bits per heavy atom. The third-order valence-corrected chi connectivity index (χ3v) is 5.81. The van der Waals surface area contributed by atoms with Crippen LogP contribution >= 0.6 is 11.8 Å². The van der Waals surface area contributed by atoms with Gasteiger partial charge in [-0.3, -0.25) is 14.4 Å². The molecule has 0 bridgehead atoms. The highest BCUT2D eigenvalue weighted by molar-refractivity contribution is 7.99. The highest BCUT2D eigenvalue weighted by Crippen LogP contribution is 2.30. The number of thioether (sulfide) groups is 1. The van der Waals surface area contributed by atoms with Crippen LogP contribution in [0.1, 0.15) is 47.3 Å². The molecular weight excluding hydrogens is 362 g/mol. The van der Waals surface area contributed by atoms with E-state index in [0.717, 1.165) is 49.8 Å². The van der Waals surface area contributed by atoms with Crippen LogP contribution < -0.4 is 10.9 Å². The Morgan fingerprint density at radius 1 is 1.15 bits per heavy atom. The lowest BCUT2D eigenvalue weighted by Crippen LogP contribution is -2.21. The van der Waals surface area contributed by atoms with Gasteiger partial charge in [-0.1, -0.05) is 11.8 Å². The van der Waals surface area contributed by atoms with Gasteiger partial charge in [-0.2, -0.15) is 0 Å². The van der Waals surface area contributed by atoms with Crippen molar-refractivity contribution < 1.29 is 9.59 Å². The number of nitrogens with zero attached hydrogens (tertiary/aromatic N) is 1. The lowest BCUT2D eigenvalue weighted by Gasteiger charge is -2.14. The summed E-state index contributed by atoms with van der Waals surface area (Å²) in [7, 11) is 0. The molecule has 0 saturated heterocycles. The monoisotopic (exact) mass is 383 g/mol. The number of H-pyrrole nitrogens is 1. The number of Topliss-reactive ketones (excluding diaryl/α,β-unsaturated/α-hetero) is 1. The summed E-state index contributed by atoms with van der Waals surface area (Å²) in [6.07, 6.45) is 5.60. The number of carbonyl (C=O) groups is 2. The lowest BCUT2D eigenvalue weighted by atomic mass is 9.97. The maximum Gasteiger partial charge on any atom is 0.254 e. The average molecular weight is 383 g/mol. The van der Waals surface area contributed by atoms with Crippen molar-refractivity contribution in [2.24, 2.45) is 5.92 Å². The van der Waals surface area contributed by atoms with Crippen LogP contribution in [0, 0.1) is 5.92 Å². The molecule has 1 heterocycles. The van der Waals surface area contributed by atoms with Crippen LogP contribution in [0.4, 0.5) is 5.69 Å². The van der Waals surface area contributed by atoms with Crippen molar-refractivity contribution >= 4 is 29.1 Å². The SMILES string of the molecule is O=C(CSc1nc2c(c(=O)[nH]1)CCCC2)c1ccc(NC(=O)C2CC2)cc1. The van der Waals surface area contributed by atoms with E-state index in [2.05, 4.69) is 15.3 Å². The summed E-state index contributed by atoms with van der Waals surface area (Å²) in [5.41, 5.74) is 2.87. The highest BCUT2D eigenvalue weighted by atomic mass is 32.2. The van der Waals surface area contributed by atoms with Crippen molar-refractivity contribution in [3.05, 3.63) is 51.4 Å². The molecule has 1 aromatic carbocycles. The minimum Gasteiger partial charge on any atom is -0.326 e. The molecule has 6 nitrogen and oxygen atoms in total. The fourth-order valence-corrected chi connectivity index (χ4v) is 3.97. The molecule has 140 valence electrons. The van der Waals surface area contributed by atoms with Crippen molar-refractivity contribution in [1.29, 1.82) is 0 Å². The highest BCUT2D eigenvalue weighted by Gasteiger charge is 2.29. The predicted molar refractivity (Wildman–Crippen MR) is 104 cm³/mol. The molecule has 4 rings (SSSR count). The smallest absolute Gasteiger partial charge is 0.254 e. The fraction of sp³-hybridized carbons (Fsp3) is 0.400. The largest absolute Gasteiger partial charge is 0.326 e. The number of anilines is 1. The summed E-state index contributed by atoms with van der Waals surface area (Å²) in [5, 5.41) is 3.36. The number of amides is 1. The van der Waals surface area contributed by atoms with Gasteiger partial charge in [0.2, 0.25) is 5.91 Å². The molecule has 27 heavy (non-hydrogen) atoms. The molecule has 1 saturated carbocycles. The minimum atomic E-state index is -0.0783. The van der Waals surface area contributed by atoms with Crippen LogP contribution in [0.5, 0.6) is 0 Å². The van der Waals surface area contributed by atoms with Gasteiger partial charge in [-0.05, 0) is 62.8 Å². The third kappa shape index (κ3) is 4.30. The number of hydrogen-bond donors (Lipinski definition) is 2. The van der Waals surface area contributed by atoms with Gasteiger partial charge < -0.3 is 10.3 Å². The van der Waals surface area contributed by atoms with Gasteiger partial charge in [0.15, 0.2) is 10.9 Å². The molecule has 7 heteroatoms. The Hall–Kier alpha value is -2.41. The van der Waals surface area contributed by atoms with Crippen LogP contribution in [0.15, 0.2) is 34.2 Å². The third-order valence-electron chi connectivity index (χ3n) is 4.93. The zero-order valence-corrected chi connectivity index (χ0v) is 15.7. The Balaban J connectivity index is 1.37. The van der Waals surface area contributed by atoms with E-state index in [0.29, 0.717) is 16.4 Å². The van der Waals surface area contributed by atoms with Gasteiger partial charge in [-0.15, -0.1) is 0 Å². The first-order valence-corrected chi connectivity index (χ1v) is 10.3. The summed E-state index contributed by atoms with van der Waals surface area (Å²) in [5.74, 6) is 0.358. The van der Waals surface area contributed by atoms with E-state index in [9.17, 15) is 14.4 Å². The number of aromatic nitrogens is 2. The summed E-state index contributed by atoms with van der Waals surface area (Å²) in [6.45, 7) is 0. The van der Waals surface area contributed by atoms with Crippen molar-refractivity contribution in [2.45, 2.75) is 43.7 Å².